The largest absolute Gasteiger partial charge is 0.355 e. The number of benzene rings is 1. The normalized spacial score (nSPS) is 18.7. The fourth-order valence-electron chi connectivity index (χ4n) is 4.56. The molecule has 0 radical (unpaired) electrons. The summed E-state index contributed by atoms with van der Waals surface area (Å²) in [5.41, 5.74) is 4.11. The zero-order chi connectivity index (χ0) is 22.4. The van der Waals surface area contributed by atoms with E-state index in [9.17, 15) is 4.79 Å². The predicted molar refractivity (Wildman–Crippen MR) is 128 cm³/mol. The minimum Gasteiger partial charge on any atom is -0.355 e. The number of amides is 1. The smallest absolute Gasteiger partial charge is 0.227 e. The van der Waals surface area contributed by atoms with Crippen LogP contribution in [0.5, 0.6) is 0 Å². The summed E-state index contributed by atoms with van der Waals surface area (Å²) < 4.78 is 0. The second kappa shape index (κ2) is 10.0. The zero-order valence-corrected chi connectivity index (χ0v) is 19.0. The first-order chi connectivity index (χ1) is 15.6. The fourth-order valence-corrected chi connectivity index (χ4v) is 4.56. The van der Waals surface area contributed by atoms with Gasteiger partial charge in [-0.3, -0.25) is 19.7 Å². The van der Waals surface area contributed by atoms with E-state index in [0.29, 0.717) is 18.9 Å². The molecular formula is C27H32N4O. The van der Waals surface area contributed by atoms with E-state index >= 15 is 0 Å². The van der Waals surface area contributed by atoms with Crippen LogP contribution in [0, 0.1) is 11.3 Å². The van der Waals surface area contributed by atoms with E-state index in [2.05, 4.69) is 64.4 Å². The van der Waals surface area contributed by atoms with E-state index in [-0.39, 0.29) is 5.91 Å². The molecule has 2 aromatic heterocycles. The molecule has 166 valence electrons. The van der Waals surface area contributed by atoms with Gasteiger partial charge in [-0.05, 0) is 66.3 Å². The van der Waals surface area contributed by atoms with Gasteiger partial charge in [-0.2, -0.15) is 0 Å². The van der Waals surface area contributed by atoms with Crippen molar-refractivity contribution in [2.24, 2.45) is 11.3 Å². The monoisotopic (exact) mass is 428 g/mol. The predicted octanol–water partition coefficient (Wildman–Crippen LogP) is 4.35. The molecule has 1 aliphatic rings. The maximum atomic E-state index is 13.6. The fraction of sp³-hybridized carbons (Fsp3) is 0.370. The van der Waals surface area contributed by atoms with Gasteiger partial charge < -0.3 is 5.32 Å². The lowest BCUT2D eigenvalue weighted by Crippen LogP contribution is -2.45. The maximum absolute atomic E-state index is 13.6. The molecule has 0 spiro atoms. The van der Waals surface area contributed by atoms with Gasteiger partial charge in [0.1, 0.15) is 0 Å². The third-order valence-corrected chi connectivity index (χ3v) is 6.23. The van der Waals surface area contributed by atoms with Crippen molar-refractivity contribution in [2.75, 3.05) is 19.6 Å². The quantitative estimate of drug-likeness (QED) is 0.579. The molecule has 1 atom stereocenters. The lowest BCUT2D eigenvalue weighted by Gasteiger charge is -2.30. The Hall–Kier alpha value is -3.05. The average Bonchev–Trinajstić information content (AvgIpc) is 3.22. The van der Waals surface area contributed by atoms with Crippen LogP contribution >= 0.6 is 0 Å². The van der Waals surface area contributed by atoms with Crippen molar-refractivity contribution >= 4 is 5.91 Å². The first-order valence-corrected chi connectivity index (χ1v) is 11.4. The summed E-state index contributed by atoms with van der Waals surface area (Å²) in [7, 11) is 0. The van der Waals surface area contributed by atoms with Crippen LogP contribution in [0.4, 0.5) is 0 Å². The highest BCUT2D eigenvalue weighted by atomic mass is 16.2. The number of likely N-dealkylation sites (tertiary alicyclic amines) is 1. The molecule has 32 heavy (non-hydrogen) atoms. The number of aromatic nitrogens is 2. The maximum Gasteiger partial charge on any atom is 0.227 e. The lowest BCUT2D eigenvalue weighted by atomic mass is 9.78. The minimum atomic E-state index is -0.452. The first-order valence-electron chi connectivity index (χ1n) is 11.4. The summed E-state index contributed by atoms with van der Waals surface area (Å²) >= 11 is 0. The molecule has 3 heterocycles. The highest BCUT2D eigenvalue weighted by Gasteiger charge is 2.44. The minimum absolute atomic E-state index is 0.166. The summed E-state index contributed by atoms with van der Waals surface area (Å²) in [6.07, 6.45) is 7.03. The molecule has 1 aromatic carbocycles. The Kier molecular flexibility index (Phi) is 6.96. The van der Waals surface area contributed by atoms with Gasteiger partial charge in [0, 0.05) is 38.2 Å². The highest BCUT2D eigenvalue weighted by molar-refractivity contribution is 5.84. The van der Waals surface area contributed by atoms with Crippen LogP contribution in [0.1, 0.15) is 31.5 Å². The molecule has 1 aliphatic heterocycles. The number of hydrogen-bond acceptors (Lipinski definition) is 4. The Balaban J connectivity index is 1.61. The molecule has 0 bridgehead atoms. The van der Waals surface area contributed by atoms with Gasteiger partial charge in [-0.15, -0.1) is 0 Å². The average molecular weight is 429 g/mol. The number of nitrogens with one attached hydrogen (secondary N) is 1. The van der Waals surface area contributed by atoms with Crippen LogP contribution < -0.4 is 5.32 Å². The zero-order valence-electron chi connectivity index (χ0n) is 19.0. The number of nitrogens with zero attached hydrogens (tertiary/aromatic N) is 3. The first kappa shape index (κ1) is 22.2. The summed E-state index contributed by atoms with van der Waals surface area (Å²) in [6, 6.07) is 18.5. The second-order valence-corrected chi connectivity index (χ2v) is 9.24. The van der Waals surface area contributed by atoms with Crippen LogP contribution in [-0.4, -0.2) is 40.4 Å². The summed E-state index contributed by atoms with van der Waals surface area (Å²) in [6.45, 7) is 7.36. The van der Waals surface area contributed by atoms with Crippen LogP contribution in [-0.2, 0) is 17.8 Å². The molecule has 1 amide bonds. The van der Waals surface area contributed by atoms with Crippen molar-refractivity contribution in [1.29, 1.82) is 0 Å². The molecule has 1 fully saturated rings. The van der Waals surface area contributed by atoms with Gasteiger partial charge in [-0.25, -0.2) is 0 Å². The van der Waals surface area contributed by atoms with Crippen molar-refractivity contribution in [1.82, 2.24) is 20.2 Å². The van der Waals surface area contributed by atoms with Crippen molar-refractivity contribution in [3.05, 3.63) is 84.4 Å². The third-order valence-electron chi connectivity index (χ3n) is 6.23. The van der Waals surface area contributed by atoms with E-state index in [1.165, 1.54) is 11.1 Å². The molecule has 5 heteroatoms. The van der Waals surface area contributed by atoms with E-state index in [4.69, 9.17) is 0 Å². The van der Waals surface area contributed by atoms with Crippen LogP contribution in [0.15, 0.2) is 73.2 Å². The Morgan fingerprint density at radius 2 is 1.84 bits per heavy atom. The molecule has 1 saturated heterocycles. The molecular weight excluding hydrogens is 396 g/mol. The highest BCUT2D eigenvalue weighted by Crippen LogP contribution is 2.38. The number of hydrogen-bond donors (Lipinski definition) is 1. The van der Waals surface area contributed by atoms with Crippen molar-refractivity contribution < 1.29 is 4.79 Å². The second-order valence-electron chi connectivity index (χ2n) is 9.24. The van der Waals surface area contributed by atoms with Gasteiger partial charge in [0.25, 0.3) is 0 Å². The SMILES string of the molecule is CC(C)CNC(=O)C1(Cc2ccccc2-c2ccncc2)CCN(Cc2ccccn2)C1. The number of rotatable bonds is 8. The summed E-state index contributed by atoms with van der Waals surface area (Å²) in [4.78, 5) is 24.6. The van der Waals surface area contributed by atoms with E-state index < -0.39 is 5.41 Å². The Bertz CT molecular complexity index is 1020. The van der Waals surface area contributed by atoms with Crippen LogP contribution in [0.25, 0.3) is 11.1 Å². The number of carbonyl (C=O) groups excluding carboxylic acids is 1. The number of pyridine rings is 2. The Morgan fingerprint density at radius 1 is 1.06 bits per heavy atom. The van der Waals surface area contributed by atoms with E-state index in [0.717, 1.165) is 37.3 Å². The van der Waals surface area contributed by atoms with Crippen molar-refractivity contribution in [3.8, 4) is 11.1 Å². The van der Waals surface area contributed by atoms with Crippen LogP contribution in [0.3, 0.4) is 0 Å². The molecule has 0 aliphatic carbocycles. The number of carbonyl (C=O) groups is 1. The summed E-state index contributed by atoms with van der Waals surface area (Å²) in [5.74, 6) is 0.588. The molecule has 1 N–H and O–H groups in total. The molecule has 0 saturated carbocycles. The standard InChI is InChI=1S/C27H32N4O/c1-21(2)18-30-26(32)27(12-16-31(20-27)19-24-8-5-6-13-29-24)17-23-7-3-4-9-25(23)22-10-14-28-15-11-22/h3-11,13-15,21H,12,16-20H2,1-2H3,(H,30,32). The Labute approximate surface area is 190 Å². The van der Waals surface area contributed by atoms with Crippen molar-refractivity contribution in [2.45, 2.75) is 33.2 Å². The van der Waals surface area contributed by atoms with Gasteiger partial charge in [-0.1, -0.05) is 44.2 Å². The Morgan fingerprint density at radius 3 is 2.59 bits per heavy atom. The van der Waals surface area contributed by atoms with E-state index in [1.54, 1.807) is 0 Å². The van der Waals surface area contributed by atoms with E-state index in [1.807, 2.05) is 42.9 Å². The van der Waals surface area contributed by atoms with Gasteiger partial charge in [0.2, 0.25) is 5.91 Å². The topological polar surface area (TPSA) is 58.1 Å². The van der Waals surface area contributed by atoms with Gasteiger partial charge in [0.05, 0.1) is 11.1 Å². The molecule has 1 unspecified atom stereocenters. The third kappa shape index (κ3) is 5.22. The van der Waals surface area contributed by atoms with Crippen molar-refractivity contribution in [3.63, 3.8) is 0 Å². The van der Waals surface area contributed by atoms with Gasteiger partial charge in [0.15, 0.2) is 0 Å². The van der Waals surface area contributed by atoms with Crippen LogP contribution in [0.2, 0.25) is 0 Å². The molecule has 5 nitrogen and oxygen atoms in total. The van der Waals surface area contributed by atoms with Gasteiger partial charge >= 0.3 is 0 Å². The molecule has 3 aromatic rings. The summed E-state index contributed by atoms with van der Waals surface area (Å²) in [5, 5.41) is 3.24. The lowest BCUT2D eigenvalue weighted by molar-refractivity contribution is -0.130. The molecule has 4 rings (SSSR count).